The number of carboxylic acid groups (broad SMARTS) is 1. The van der Waals surface area contributed by atoms with Crippen LogP contribution in [0.5, 0.6) is 0 Å². The van der Waals surface area contributed by atoms with Crippen LogP contribution in [0.25, 0.3) is 0 Å². The number of aromatic amines is 1. The Labute approximate surface area is 132 Å². The number of amides is 2. The minimum absolute atomic E-state index is 0.160. The van der Waals surface area contributed by atoms with Crippen molar-refractivity contribution in [2.45, 2.75) is 25.9 Å². The summed E-state index contributed by atoms with van der Waals surface area (Å²) >= 11 is 1.57. The zero-order chi connectivity index (χ0) is 16.1. The summed E-state index contributed by atoms with van der Waals surface area (Å²) < 4.78 is 0. The second-order valence-corrected chi connectivity index (χ2v) is 6.00. The molecule has 0 unspecified atom stereocenters. The number of rotatable bonds is 6. The van der Waals surface area contributed by atoms with Gasteiger partial charge in [-0.2, -0.15) is 0 Å². The molecule has 0 bridgehead atoms. The Morgan fingerprint density at radius 1 is 1.55 bits per heavy atom. The van der Waals surface area contributed by atoms with Crippen LogP contribution in [0.1, 0.15) is 16.1 Å². The van der Waals surface area contributed by atoms with Gasteiger partial charge in [-0.15, -0.1) is 11.3 Å². The normalized spacial score (nSPS) is 11.9. The third-order valence-electron chi connectivity index (χ3n) is 3.27. The quantitative estimate of drug-likeness (QED) is 0.752. The fourth-order valence-electron chi connectivity index (χ4n) is 1.93. The lowest BCUT2D eigenvalue weighted by Crippen LogP contribution is -2.47. The minimum Gasteiger partial charge on any atom is -0.480 e. The van der Waals surface area contributed by atoms with Crippen molar-refractivity contribution < 1.29 is 14.7 Å². The first-order chi connectivity index (χ1) is 10.5. The first-order valence-corrected chi connectivity index (χ1v) is 7.60. The second-order valence-electron chi connectivity index (χ2n) is 5.00. The van der Waals surface area contributed by atoms with E-state index in [1.165, 1.54) is 11.2 Å². The number of hydrogen-bond donors (Lipinski definition) is 3. The highest BCUT2D eigenvalue weighted by atomic mass is 32.1. The number of hydrogen-bond acceptors (Lipinski definition) is 4. The molecule has 0 saturated carbocycles. The van der Waals surface area contributed by atoms with Crippen LogP contribution < -0.4 is 5.32 Å². The number of H-pyrrole nitrogens is 1. The highest BCUT2D eigenvalue weighted by Gasteiger charge is 2.23. The molecule has 2 amide bonds. The maximum Gasteiger partial charge on any atom is 0.326 e. The van der Waals surface area contributed by atoms with Gasteiger partial charge < -0.3 is 20.3 Å². The molecule has 2 rings (SSSR count). The molecule has 0 radical (unpaired) electrons. The summed E-state index contributed by atoms with van der Waals surface area (Å²) in [4.78, 5) is 32.7. The number of nitrogens with zero attached hydrogens (tertiary/aromatic N) is 2. The van der Waals surface area contributed by atoms with E-state index in [1.807, 2.05) is 18.4 Å². The molecule has 0 saturated heterocycles. The van der Waals surface area contributed by atoms with Crippen LogP contribution >= 0.6 is 11.3 Å². The largest absolute Gasteiger partial charge is 0.480 e. The van der Waals surface area contributed by atoms with Crippen molar-refractivity contribution in [3.8, 4) is 0 Å². The molecule has 0 aliphatic carbocycles. The summed E-state index contributed by atoms with van der Waals surface area (Å²) in [6.45, 7) is 2.43. The van der Waals surface area contributed by atoms with Crippen molar-refractivity contribution in [2.24, 2.45) is 0 Å². The van der Waals surface area contributed by atoms with Crippen molar-refractivity contribution in [1.29, 1.82) is 0 Å². The fraction of sp³-hybridized carbons (Fsp3) is 0.357. The molecule has 8 heteroatoms. The van der Waals surface area contributed by atoms with Crippen molar-refractivity contribution in [3.05, 3.63) is 40.1 Å². The number of aromatic nitrogens is 2. The third kappa shape index (κ3) is 4.08. The zero-order valence-corrected chi connectivity index (χ0v) is 13.2. The van der Waals surface area contributed by atoms with E-state index in [0.29, 0.717) is 12.2 Å². The summed E-state index contributed by atoms with van der Waals surface area (Å²) in [5.41, 5.74) is 1.78. The van der Waals surface area contributed by atoms with Gasteiger partial charge in [-0.25, -0.2) is 14.6 Å². The van der Waals surface area contributed by atoms with Gasteiger partial charge in [0.1, 0.15) is 6.04 Å². The molecule has 7 nitrogen and oxygen atoms in total. The van der Waals surface area contributed by atoms with E-state index in [0.717, 1.165) is 10.4 Å². The lowest BCUT2D eigenvalue weighted by atomic mass is 10.1. The van der Waals surface area contributed by atoms with Crippen molar-refractivity contribution >= 4 is 23.3 Å². The summed E-state index contributed by atoms with van der Waals surface area (Å²) in [6, 6.07) is 0.573. The highest BCUT2D eigenvalue weighted by molar-refractivity contribution is 7.10. The number of carbonyl (C=O) groups is 2. The van der Waals surface area contributed by atoms with Crippen LogP contribution in [0.3, 0.4) is 0 Å². The van der Waals surface area contributed by atoms with Gasteiger partial charge in [-0.05, 0) is 23.9 Å². The Bertz CT molecular complexity index is 638. The van der Waals surface area contributed by atoms with Gasteiger partial charge >= 0.3 is 12.0 Å². The van der Waals surface area contributed by atoms with Gasteiger partial charge in [0.2, 0.25) is 0 Å². The maximum atomic E-state index is 12.2. The first-order valence-electron chi connectivity index (χ1n) is 6.72. The van der Waals surface area contributed by atoms with E-state index < -0.39 is 18.0 Å². The Hall–Kier alpha value is -2.35. The molecule has 2 aromatic heterocycles. The van der Waals surface area contributed by atoms with Gasteiger partial charge in [0.05, 0.1) is 12.9 Å². The summed E-state index contributed by atoms with van der Waals surface area (Å²) in [6.07, 6.45) is 3.18. The van der Waals surface area contributed by atoms with Gasteiger partial charge in [0.15, 0.2) is 0 Å². The molecule has 0 aliphatic heterocycles. The molecule has 0 fully saturated rings. The second kappa shape index (κ2) is 7.08. The third-order valence-corrected chi connectivity index (χ3v) is 4.28. The number of aliphatic carboxylic acids is 1. The van der Waals surface area contributed by atoms with Crippen LogP contribution in [0, 0.1) is 6.92 Å². The minimum atomic E-state index is -1.08. The first kappa shape index (κ1) is 16.0. The predicted molar refractivity (Wildman–Crippen MR) is 82.8 cm³/mol. The van der Waals surface area contributed by atoms with E-state index in [4.69, 9.17) is 0 Å². The maximum absolute atomic E-state index is 12.2. The predicted octanol–water partition coefficient (Wildman–Crippen LogP) is 1.62. The summed E-state index contributed by atoms with van der Waals surface area (Å²) in [5, 5.41) is 13.7. The molecule has 22 heavy (non-hydrogen) atoms. The number of imidazole rings is 1. The lowest BCUT2D eigenvalue weighted by molar-refractivity contribution is -0.139. The molecule has 2 aromatic rings. The summed E-state index contributed by atoms with van der Waals surface area (Å²) in [7, 11) is 1.64. The van der Waals surface area contributed by atoms with Crippen molar-refractivity contribution in [1.82, 2.24) is 20.2 Å². The average Bonchev–Trinajstić information content (AvgIpc) is 3.10. The number of aryl methyl sites for hydroxylation is 1. The Balaban J connectivity index is 1.95. The smallest absolute Gasteiger partial charge is 0.326 e. The van der Waals surface area contributed by atoms with Gasteiger partial charge in [0, 0.05) is 30.2 Å². The van der Waals surface area contributed by atoms with Crippen molar-refractivity contribution in [3.63, 3.8) is 0 Å². The van der Waals surface area contributed by atoms with Crippen LogP contribution in [0.15, 0.2) is 24.0 Å². The van der Waals surface area contributed by atoms with Gasteiger partial charge in [-0.1, -0.05) is 0 Å². The standard InChI is InChI=1S/C14H18N4O3S/c1-9-3-4-22-12(9)7-18(2)14(21)17-11(13(19)20)5-10-6-15-8-16-10/h3-4,6,8,11H,5,7H2,1-2H3,(H,15,16)(H,17,21)(H,19,20)/t11-/m0/s1. The molecular formula is C14H18N4O3S. The Morgan fingerprint density at radius 3 is 2.86 bits per heavy atom. The topological polar surface area (TPSA) is 98.3 Å². The van der Waals surface area contributed by atoms with Crippen LogP contribution in [0.4, 0.5) is 4.79 Å². The molecule has 3 N–H and O–H groups in total. The summed E-state index contributed by atoms with van der Waals surface area (Å²) in [5.74, 6) is -1.08. The van der Waals surface area contributed by atoms with Crippen LogP contribution in [-0.2, 0) is 17.8 Å². The number of urea groups is 1. The molecule has 0 aliphatic rings. The van der Waals surface area contributed by atoms with E-state index in [1.54, 1.807) is 24.6 Å². The lowest BCUT2D eigenvalue weighted by Gasteiger charge is -2.21. The fourth-order valence-corrected chi connectivity index (χ4v) is 2.89. The van der Waals surface area contributed by atoms with E-state index in [-0.39, 0.29) is 6.42 Å². The molecule has 2 heterocycles. The number of carboxylic acids is 1. The molecule has 118 valence electrons. The molecule has 0 aromatic carbocycles. The number of nitrogens with one attached hydrogen (secondary N) is 2. The molecule has 1 atom stereocenters. The zero-order valence-electron chi connectivity index (χ0n) is 12.4. The Kier molecular flexibility index (Phi) is 5.16. The van der Waals surface area contributed by atoms with Gasteiger partial charge in [-0.3, -0.25) is 0 Å². The highest BCUT2D eigenvalue weighted by Crippen LogP contribution is 2.17. The van der Waals surface area contributed by atoms with Crippen LogP contribution in [0.2, 0.25) is 0 Å². The number of carbonyl (C=O) groups excluding carboxylic acids is 1. The SMILES string of the molecule is Cc1ccsc1CN(C)C(=O)N[C@@H](Cc1cnc[nH]1)C(=O)O. The molecule has 0 spiro atoms. The van der Waals surface area contributed by atoms with Gasteiger partial charge in [0.25, 0.3) is 0 Å². The van der Waals surface area contributed by atoms with E-state index in [9.17, 15) is 14.7 Å². The van der Waals surface area contributed by atoms with Crippen molar-refractivity contribution in [2.75, 3.05) is 7.05 Å². The van der Waals surface area contributed by atoms with E-state index >= 15 is 0 Å². The monoisotopic (exact) mass is 322 g/mol. The van der Waals surface area contributed by atoms with E-state index in [2.05, 4.69) is 15.3 Å². The average molecular weight is 322 g/mol. The van der Waals surface area contributed by atoms with Crippen LogP contribution in [-0.4, -0.2) is 45.1 Å². The molecular weight excluding hydrogens is 304 g/mol. The Morgan fingerprint density at radius 2 is 2.32 bits per heavy atom. The number of thiophene rings is 1.